The maximum Gasteiger partial charge on any atom is 0.294 e. The first kappa shape index (κ1) is 31.6. The minimum atomic E-state index is -0.765. The van der Waals surface area contributed by atoms with E-state index in [2.05, 4.69) is 32.4 Å². The summed E-state index contributed by atoms with van der Waals surface area (Å²) in [6.45, 7) is 7.56. The average Bonchev–Trinajstić information content (AvgIpc) is 3.55. The van der Waals surface area contributed by atoms with Crippen molar-refractivity contribution in [2.45, 2.75) is 71.9 Å². The number of tetrazole rings is 1. The summed E-state index contributed by atoms with van der Waals surface area (Å²) in [5, 5.41) is 24.2. The van der Waals surface area contributed by atoms with E-state index in [1.165, 1.54) is 0 Å². The SMILES string of the molecule is CCCCC(=O)N(Cc1ccc(-c2ccccc2-c2nn[nH]n2)cc1)[C@H](C(=O)N1CCC(CCO[N+](=O)[O-])CC1)C(C)C. The van der Waals surface area contributed by atoms with Crippen molar-refractivity contribution in [3.8, 4) is 22.5 Å². The van der Waals surface area contributed by atoms with Gasteiger partial charge in [0.1, 0.15) is 6.04 Å². The molecule has 1 aromatic heterocycles. The first-order valence-corrected chi connectivity index (χ1v) is 15.1. The molecular formula is C31H41N7O5. The van der Waals surface area contributed by atoms with E-state index in [-0.39, 0.29) is 30.3 Å². The molecule has 12 nitrogen and oxygen atoms in total. The number of amides is 2. The zero-order valence-electron chi connectivity index (χ0n) is 25.1. The summed E-state index contributed by atoms with van der Waals surface area (Å²) in [6, 6.07) is 15.3. The highest BCUT2D eigenvalue weighted by Gasteiger charge is 2.36. The van der Waals surface area contributed by atoms with Crippen LogP contribution in [0.1, 0.15) is 64.9 Å². The lowest BCUT2D eigenvalue weighted by atomic mass is 9.92. The average molecular weight is 592 g/mol. The molecule has 2 amide bonds. The van der Waals surface area contributed by atoms with Gasteiger partial charge < -0.3 is 14.6 Å². The van der Waals surface area contributed by atoms with Crippen LogP contribution in [0.25, 0.3) is 22.5 Å². The number of nitrogens with one attached hydrogen (secondary N) is 1. The Hall–Kier alpha value is -4.35. The Bertz CT molecular complexity index is 1340. The van der Waals surface area contributed by atoms with Crippen LogP contribution in [0.5, 0.6) is 0 Å². The van der Waals surface area contributed by atoms with Crippen LogP contribution in [0, 0.1) is 22.0 Å². The number of hydrogen-bond donors (Lipinski definition) is 1. The summed E-state index contributed by atoms with van der Waals surface area (Å²) >= 11 is 0. The first-order chi connectivity index (χ1) is 20.8. The number of likely N-dealkylation sites (tertiary alicyclic amines) is 1. The number of benzene rings is 2. The van der Waals surface area contributed by atoms with Crippen molar-refractivity contribution < 1.29 is 19.5 Å². The van der Waals surface area contributed by atoms with Crippen molar-refractivity contribution in [3.05, 3.63) is 64.2 Å². The van der Waals surface area contributed by atoms with Crippen LogP contribution in [-0.4, -0.2) is 73.1 Å². The Morgan fingerprint density at radius 2 is 1.81 bits per heavy atom. The molecule has 43 heavy (non-hydrogen) atoms. The summed E-state index contributed by atoms with van der Waals surface area (Å²) in [5.74, 6) is 0.648. The van der Waals surface area contributed by atoms with Gasteiger partial charge in [0.05, 0.1) is 6.61 Å². The van der Waals surface area contributed by atoms with Gasteiger partial charge in [-0.05, 0) is 59.4 Å². The number of aromatic nitrogens is 4. The van der Waals surface area contributed by atoms with Crippen LogP contribution in [0.2, 0.25) is 0 Å². The number of H-pyrrole nitrogens is 1. The highest BCUT2D eigenvalue weighted by Crippen LogP contribution is 2.30. The number of carbonyl (C=O) groups is 2. The number of carbonyl (C=O) groups excluding carboxylic acids is 2. The molecular weight excluding hydrogens is 550 g/mol. The lowest BCUT2D eigenvalue weighted by Crippen LogP contribution is -2.54. The number of hydrogen-bond acceptors (Lipinski definition) is 8. The molecule has 0 unspecified atom stereocenters. The molecule has 0 spiro atoms. The largest absolute Gasteiger partial charge is 0.341 e. The third kappa shape index (κ3) is 8.36. The molecule has 1 atom stereocenters. The number of piperidine rings is 1. The standard InChI is InChI=1S/C31H41N7O5/c1-4-5-10-28(39)37(29(22(2)3)31(40)36-18-15-23(16-19-36)17-20-43-38(41)42)21-24-11-13-25(14-12-24)26-8-6-7-9-27(26)30-32-34-35-33-30/h6-9,11-14,22-23,29H,4-5,10,15-21H2,1-3H3,(H,32,33,34,35)/t29-/m0/s1. The van der Waals surface area contributed by atoms with E-state index in [9.17, 15) is 19.7 Å². The number of unbranched alkanes of at least 4 members (excludes halogenated alkanes) is 1. The number of nitrogens with zero attached hydrogens (tertiary/aromatic N) is 6. The molecule has 0 bridgehead atoms. The first-order valence-electron chi connectivity index (χ1n) is 15.1. The summed E-state index contributed by atoms with van der Waals surface area (Å²) in [7, 11) is 0. The normalized spacial score (nSPS) is 14.5. The van der Waals surface area contributed by atoms with Gasteiger partial charge in [-0.3, -0.25) is 9.59 Å². The monoisotopic (exact) mass is 591 g/mol. The van der Waals surface area contributed by atoms with Crippen molar-refractivity contribution >= 4 is 11.8 Å². The Balaban J connectivity index is 1.50. The second kappa shape index (κ2) is 15.2. The molecule has 1 saturated heterocycles. The molecule has 0 saturated carbocycles. The van der Waals surface area contributed by atoms with E-state index in [4.69, 9.17) is 0 Å². The number of rotatable bonds is 14. The fourth-order valence-corrected chi connectivity index (χ4v) is 5.71. The minimum absolute atomic E-state index is 0.0211. The van der Waals surface area contributed by atoms with Crippen LogP contribution < -0.4 is 0 Å². The lowest BCUT2D eigenvalue weighted by molar-refractivity contribution is -0.758. The molecule has 12 heteroatoms. The van der Waals surface area contributed by atoms with Gasteiger partial charge in [0.2, 0.25) is 17.6 Å². The predicted molar refractivity (Wildman–Crippen MR) is 161 cm³/mol. The van der Waals surface area contributed by atoms with Crippen LogP contribution in [0.15, 0.2) is 48.5 Å². The van der Waals surface area contributed by atoms with E-state index in [1.807, 2.05) is 67.3 Å². The molecule has 1 aliphatic rings. The number of aromatic amines is 1. The summed E-state index contributed by atoms with van der Waals surface area (Å²) < 4.78 is 0. The van der Waals surface area contributed by atoms with Gasteiger partial charge in [0.15, 0.2) is 0 Å². The molecule has 1 fully saturated rings. The zero-order chi connectivity index (χ0) is 30.8. The van der Waals surface area contributed by atoms with E-state index < -0.39 is 11.1 Å². The fraction of sp³-hybridized carbons (Fsp3) is 0.516. The van der Waals surface area contributed by atoms with Gasteiger partial charge in [-0.1, -0.05) is 75.7 Å². The van der Waals surface area contributed by atoms with Gasteiger partial charge in [-0.15, -0.1) is 20.3 Å². The second-order valence-electron chi connectivity index (χ2n) is 11.4. The van der Waals surface area contributed by atoms with Crippen molar-refractivity contribution in [1.29, 1.82) is 0 Å². The molecule has 1 aliphatic heterocycles. The van der Waals surface area contributed by atoms with Crippen molar-refractivity contribution in [3.63, 3.8) is 0 Å². The third-order valence-electron chi connectivity index (χ3n) is 8.06. The Morgan fingerprint density at radius 3 is 2.42 bits per heavy atom. The third-order valence-corrected chi connectivity index (χ3v) is 8.06. The highest BCUT2D eigenvalue weighted by atomic mass is 16.9. The van der Waals surface area contributed by atoms with Crippen LogP contribution in [0.4, 0.5) is 0 Å². The zero-order valence-corrected chi connectivity index (χ0v) is 25.1. The van der Waals surface area contributed by atoms with Crippen molar-refractivity contribution in [2.24, 2.45) is 11.8 Å². The Morgan fingerprint density at radius 1 is 1.12 bits per heavy atom. The lowest BCUT2D eigenvalue weighted by Gasteiger charge is -2.39. The molecule has 0 radical (unpaired) electrons. The van der Waals surface area contributed by atoms with E-state index in [0.717, 1.165) is 47.9 Å². The molecule has 230 valence electrons. The molecule has 1 N–H and O–H groups in total. The van der Waals surface area contributed by atoms with Gasteiger partial charge in [0, 0.05) is 31.6 Å². The van der Waals surface area contributed by atoms with Crippen LogP contribution in [-0.2, 0) is 21.0 Å². The molecule has 2 aromatic carbocycles. The maximum absolute atomic E-state index is 13.9. The molecule has 3 aromatic rings. The van der Waals surface area contributed by atoms with E-state index in [1.54, 1.807) is 4.90 Å². The van der Waals surface area contributed by atoms with Crippen LogP contribution in [0.3, 0.4) is 0 Å². The summed E-state index contributed by atoms with van der Waals surface area (Å²) in [5.41, 5.74) is 3.75. The minimum Gasteiger partial charge on any atom is -0.341 e. The fourth-order valence-electron chi connectivity index (χ4n) is 5.71. The second-order valence-corrected chi connectivity index (χ2v) is 11.4. The predicted octanol–water partition coefficient (Wildman–Crippen LogP) is 4.91. The van der Waals surface area contributed by atoms with Crippen molar-refractivity contribution in [1.82, 2.24) is 30.4 Å². The van der Waals surface area contributed by atoms with E-state index >= 15 is 0 Å². The maximum atomic E-state index is 13.9. The topological polar surface area (TPSA) is 147 Å². The molecule has 4 rings (SSSR count). The smallest absolute Gasteiger partial charge is 0.294 e. The molecule has 2 heterocycles. The van der Waals surface area contributed by atoms with E-state index in [0.29, 0.717) is 38.3 Å². The van der Waals surface area contributed by atoms with Gasteiger partial charge >= 0.3 is 0 Å². The quantitative estimate of drug-likeness (QED) is 0.205. The van der Waals surface area contributed by atoms with Crippen LogP contribution >= 0.6 is 0 Å². The summed E-state index contributed by atoms with van der Waals surface area (Å²) in [6.07, 6.45) is 4.15. The Labute approximate surface area is 251 Å². The summed E-state index contributed by atoms with van der Waals surface area (Å²) in [4.78, 5) is 46.1. The Kier molecular flexibility index (Phi) is 11.2. The van der Waals surface area contributed by atoms with Gasteiger partial charge in [-0.25, -0.2) is 0 Å². The van der Waals surface area contributed by atoms with Gasteiger partial charge in [0.25, 0.3) is 5.09 Å². The van der Waals surface area contributed by atoms with Gasteiger partial charge in [-0.2, -0.15) is 5.21 Å². The van der Waals surface area contributed by atoms with Crippen molar-refractivity contribution in [2.75, 3.05) is 19.7 Å². The molecule has 0 aliphatic carbocycles. The highest BCUT2D eigenvalue weighted by molar-refractivity contribution is 5.88.